The molecule has 0 heterocycles. The van der Waals surface area contributed by atoms with Crippen LogP contribution < -0.4 is 0 Å². The molecule has 0 saturated carbocycles. The Hall–Kier alpha value is -1.62. The fraction of sp³-hybridized carbons (Fsp3) is 0.860. The van der Waals surface area contributed by atoms with Gasteiger partial charge in [-0.3, -0.25) is 9.59 Å². The molecule has 1 unspecified atom stereocenters. The Morgan fingerprint density at radius 1 is 0.458 bits per heavy atom. The molecule has 0 rings (SSSR count). The van der Waals surface area contributed by atoms with E-state index < -0.39 is 6.10 Å². The van der Waals surface area contributed by atoms with Crippen LogP contribution >= 0.6 is 0 Å². The van der Waals surface area contributed by atoms with Crippen LogP contribution in [0, 0.1) is 0 Å². The average Bonchev–Trinajstić information content (AvgIpc) is 3.08. The quantitative estimate of drug-likeness (QED) is 0.0370. The van der Waals surface area contributed by atoms with E-state index in [0.717, 1.165) is 44.9 Å². The fourth-order valence-electron chi connectivity index (χ4n) is 5.83. The summed E-state index contributed by atoms with van der Waals surface area (Å²) in [5.41, 5.74) is 0. The molecule has 0 N–H and O–H groups in total. The second-order valence-electron chi connectivity index (χ2n) is 13.9. The first-order valence-electron chi connectivity index (χ1n) is 20.9. The van der Waals surface area contributed by atoms with Crippen molar-refractivity contribution in [2.24, 2.45) is 0 Å². The van der Waals surface area contributed by atoms with Crippen LogP contribution in [0.25, 0.3) is 0 Å². The van der Waals surface area contributed by atoms with Crippen molar-refractivity contribution in [2.75, 3.05) is 19.8 Å². The van der Waals surface area contributed by atoms with E-state index in [9.17, 15) is 9.59 Å². The maximum absolute atomic E-state index is 12.6. The molecule has 0 aromatic heterocycles. The highest BCUT2D eigenvalue weighted by atomic mass is 16.6. The minimum atomic E-state index is -0.529. The van der Waals surface area contributed by atoms with Crippen LogP contribution in [-0.2, 0) is 23.8 Å². The molecule has 0 aromatic carbocycles. The van der Waals surface area contributed by atoms with Gasteiger partial charge in [-0.2, -0.15) is 0 Å². The summed E-state index contributed by atoms with van der Waals surface area (Å²) in [7, 11) is 0. The Morgan fingerprint density at radius 3 is 1.42 bits per heavy atom. The number of hydrogen-bond acceptors (Lipinski definition) is 5. The number of hydrogen-bond donors (Lipinski definition) is 0. The van der Waals surface area contributed by atoms with E-state index in [1.807, 2.05) is 0 Å². The molecule has 0 aliphatic rings. The molecule has 0 radical (unpaired) electrons. The molecule has 0 aliphatic heterocycles. The van der Waals surface area contributed by atoms with E-state index in [1.165, 1.54) is 135 Å². The summed E-state index contributed by atoms with van der Waals surface area (Å²) in [5, 5.41) is 0. The first-order chi connectivity index (χ1) is 23.6. The van der Waals surface area contributed by atoms with E-state index in [0.29, 0.717) is 19.4 Å². The molecule has 0 fully saturated rings. The first-order valence-corrected chi connectivity index (χ1v) is 20.9. The Balaban J connectivity index is 4.15. The molecule has 5 heteroatoms. The van der Waals surface area contributed by atoms with Crippen molar-refractivity contribution in [2.45, 2.75) is 219 Å². The zero-order valence-electron chi connectivity index (χ0n) is 32.3. The largest absolute Gasteiger partial charge is 0.462 e. The van der Waals surface area contributed by atoms with Crippen LogP contribution in [0.3, 0.4) is 0 Å². The van der Waals surface area contributed by atoms with E-state index in [2.05, 4.69) is 45.1 Å². The highest BCUT2D eigenvalue weighted by molar-refractivity contribution is 5.70. The van der Waals surface area contributed by atoms with Gasteiger partial charge in [0.15, 0.2) is 6.10 Å². The van der Waals surface area contributed by atoms with Gasteiger partial charge in [0.05, 0.1) is 6.61 Å². The molecule has 0 aliphatic carbocycles. The number of carbonyl (C=O) groups is 2. The molecule has 0 amide bonds. The number of carbonyl (C=O) groups excluding carboxylic acids is 2. The second kappa shape index (κ2) is 39.8. The van der Waals surface area contributed by atoms with E-state index >= 15 is 0 Å². The van der Waals surface area contributed by atoms with Gasteiger partial charge in [-0.15, -0.1) is 0 Å². The topological polar surface area (TPSA) is 61.8 Å². The lowest BCUT2D eigenvalue weighted by Gasteiger charge is -2.18. The number of esters is 2. The molecule has 0 spiro atoms. The number of unbranched alkanes of at least 4 members (excludes halogenated alkanes) is 23. The Kier molecular flexibility index (Phi) is 38.5. The minimum Gasteiger partial charge on any atom is -0.462 e. The van der Waals surface area contributed by atoms with Crippen molar-refractivity contribution >= 4 is 11.9 Å². The highest BCUT2D eigenvalue weighted by Crippen LogP contribution is 2.13. The fourth-order valence-corrected chi connectivity index (χ4v) is 5.83. The number of allylic oxidation sites excluding steroid dienone is 4. The zero-order chi connectivity index (χ0) is 35.0. The predicted molar refractivity (Wildman–Crippen MR) is 205 cm³/mol. The third-order valence-electron chi connectivity index (χ3n) is 8.99. The zero-order valence-corrected chi connectivity index (χ0v) is 32.3. The summed E-state index contributed by atoms with van der Waals surface area (Å²) in [6.07, 6.45) is 43.2. The van der Waals surface area contributed by atoms with Crippen LogP contribution in [0.2, 0.25) is 0 Å². The van der Waals surface area contributed by atoms with Crippen LogP contribution in [0.5, 0.6) is 0 Å². The molecular weight excluding hydrogens is 596 g/mol. The Bertz CT molecular complexity index is 731. The van der Waals surface area contributed by atoms with Crippen molar-refractivity contribution in [1.29, 1.82) is 0 Å². The Morgan fingerprint density at radius 2 is 0.875 bits per heavy atom. The smallest absolute Gasteiger partial charge is 0.306 e. The molecule has 48 heavy (non-hydrogen) atoms. The summed E-state index contributed by atoms with van der Waals surface area (Å²) in [4.78, 5) is 24.9. The van der Waals surface area contributed by atoms with E-state index in [4.69, 9.17) is 14.2 Å². The van der Waals surface area contributed by atoms with Crippen LogP contribution in [0.1, 0.15) is 213 Å². The SMILES string of the molecule is CCCCC/C=C\C/C=C\CCCCCCCCOCC(COC(=O)CCCCCCCCCCC)OC(=O)CCCCCCCCC. The van der Waals surface area contributed by atoms with Gasteiger partial charge in [-0.1, -0.05) is 173 Å². The second-order valence-corrected chi connectivity index (χ2v) is 13.9. The van der Waals surface area contributed by atoms with Crippen molar-refractivity contribution in [3.8, 4) is 0 Å². The summed E-state index contributed by atoms with van der Waals surface area (Å²) in [5.74, 6) is -0.405. The molecule has 0 aromatic rings. The molecular formula is C43H80O5. The maximum Gasteiger partial charge on any atom is 0.306 e. The normalized spacial score (nSPS) is 12.3. The average molecular weight is 677 g/mol. The van der Waals surface area contributed by atoms with Crippen LogP contribution in [0.15, 0.2) is 24.3 Å². The summed E-state index contributed by atoms with van der Waals surface area (Å²) in [6, 6.07) is 0. The monoisotopic (exact) mass is 677 g/mol. The number of ether oxygens (including phenoxy) is 3. The van der Waals surface area contributed by atoms with Gasteiger partial charge in [-0.05, 0) is 51.4 Å². The van der Waals surface area contributed by atoms with Gasteiger partial charge in [0.1, 0.15) is 6.61 Å². The number of rotatable bonds is 38. The Labute approximate surface area is 298 Å². The standard InChI is InChI=1S/C43H80O5/c1-4-7-10-13-16-18-19-20-21-22-23-24-26-29-32-35-38-46-39-41(48-43(45)37-34-31-27-15-12-9-6-3)40-47-42(44)36-33-30-28-25-17-14-11-8-5-2/h16,18,20-21,41H,4-15,17,19,22-40H2,1-3H3/b18-16-,21-20-. The lowest BCUT2D eigenvalue weighted by atomic mass is 10.1. The molecule has 1 atom stereocenters. The lowest BCUT2D eigenvalue weighted by Crippen LogP contribution is -2.30. The molecule has 0 saturated heterocycles. The first kappa shape index (κ1) is 46.4. The van der Waals surface area contributed by atoms with Crippen LogP contribution in [-0.4, -0.2) is 37.9 Å². The van der Waals surface area contributed by atoms with Crippen molar-refractivity contribution < 1.29 is 23.8 Å². The predicted octanol–water partition coefficient (Wildman–Crippen LogP) is 13.3. The third-order valence-corrected chi connectivity index (χ3v) is 8.99. The molecule has 5 nitrogen and oxygen atoms in total. The highest BCUT2D eigenvalue weighted by Gasteiger charge is 2.17. The summed E-state index contributed by atoms with van der Waals surface area (Å²) in [6.45, 7) is 7.74. The molecule has 0 bridgehead atoms. The molecule has 282 valence electrons. The summed E-state index contributed by atoms with van der Waals surface area (Å²) < 4.78 is 17.2. The minimum absolute atomic E-state index is 0.0860. The van der Waals surface area contributed by atoms with Gasteiger partial charge < -0.3 is 14.2 Å². The summed E-state index contributed by atoms with van der Waals surface area (Å²) >= 11 is 0. The van der Waals surface area contributed by atoms with Gasteiger partial charge in [0.25, 0.3) is 0 Å². The third kappa shape index (κ3) is 37.2. The lowest BCUT2D eigenvalue weighted by molar-refractivity contribution is -0.163. The van der Waals surface area contributed by atoms with Gasteiger partial charge >= 0.3 is 11.9 Å². The van der Waals surface area contributed by atoms with Gasteiger partial charge in [-0.25, -0.2) is 0 Å². The van der Waals surface area contributed by atoms with Crippen molar-refractivity contribution in [3.05, 3.63) is 24.3 Å². The van der Waals surface area contributed by atoms with Crippen molar-refractivity contribution in [1.82, 2.24) is 0 Å². The van der Waals surface area contributed by atoms with Gasteiger partial charge in [0.2, 0.25) is 0 Å². The van der Waals surface area contributed by atoms with E-state index in [-0.39, 0.29) is 25.2 Å². The van der Waals surface area contributed by atoms with Crippen molar-refractivity contribution in [3.63, 3.8) is 0 Å². The maximum atomic E-state index is 12.6. The van der Waals surface area contributed by atoms with Gasteiger partial charge in [0, 0.05) is 19.4 Å². The van der Waals surface area contributed by atoms with E-state index in [1.54, 1.807) is 0 Å². The van der Waals surface area contributed by atoms with Crippen LogP contribution in [0.4, 0.5) is 0 Å².